The highest BCUT2D eigenvalue weighted by Crippen LogP contribution is 2.37. The molecule has 2 atom stereocenters. The number of piperidine rings is 3. The molecule has 7 heteroatoms. The monoisotopic (exact) mass is 554 g/mol. The molecule has 41 heavy (non-hydrogen) atoms. The van der Waals surface area contributed by atoms with Crippen LogP contribution < -0.4 is 10.6 Å². The summed E-state index contributed by atoms with van der Waals surface area (Å²) in [6.45, 7) is 5.15. The first-order chi connectivity index (χ1) is 19.9. The van der Waals surface area contributed by atoms with E-state index in [0.29, 0.717) is 30.0 Å². The van der Waals surface area contributed by atoms with Crippen molar-refractivity contribution in [1.82, 2.24) is 5.32 Å². The van der Waals surface area contributed by atoms with Crippen molar-refractivity contribution in [2.45, 2.75) is 44.8 Å². The molecule has 0 aromatic heterocycles. The van der Waals surface area contributed by atoms with Crippen molar-refractivity contribution >= 4 is 23.3 Å². The molecule has 2 N–H and O–H groups in total. The summed E-state index contributed by atoms with van der Waals surface area (Å²) in [6, 6.07) is 26.7. The number of aryl methyl sites for hydroxylation is 1. The van der Waals surface area contributed by atoms with Gasteiger partial charge < -0.3 is 19.9 Å². The number of benzene rings is 3. The van der Waals surface area contributed by atoms with E-state index in [0.717, 1.165) is 61.2 Å². The number of carbonyl (C=O) groups is 3. The number of anilines is 1. The van der Waals surface area contributed by atoms with Crippen LogP contribution in [0.15, 0.2) is 84.9 Å². The molecule has 3 heterocycles. The summed E-state index contributed by atoms with van der Waals surface area (Å²) < 4.78 is 6.92. The van der Waals surface area contributed by atoms with Crippen molar-refractivity contribution in [3.05, 3.63) is 102 Å². The van der Waals surface area contributed by atoms with Gasteiger partial charge in [0.15, 0.2) is 12.1 Å². The number of ether oxygens (including phenoxy) is 1. The van der Waals surface area contributed by atoms with Gasteiger partial charge in [-0.2, -0.15) is 0 Å². The molecule has 7 nitrogen and oxygen atoms in total. The number of hydrogen-bond acceptors (Lipinski definition) is 5. The van der Waals surface area contributed by atoms with Gasteiger partial charge in [-0.1, -0.05) is 72.8 Å². The highest BCUT2D eigenvalue weighted by Gasteiger charge is 2.49. The third-order valence-corrected chi connectivity index (χ3v) is 8.53. The zero-order valence-electron chi connectivity index (χ0n) is 23.8. The van der Waals surface area contributed by atoms with Crippen LogP contribution in [0, 0.1) is 5.92 Å². The Labute approximate surface area is 242 Å². The third-order valence-electron chi connectivity index (χ3n) is 8.53. The molecule has 1 amide bonds. The van der Waals surface area contributed by atoms with Crippen molar-refractivity contribution in [3.8, 4) is 0 Å². The largest absolute Gasteiger partial charge is 0.454 e. The molecule has 0 aliphatic carbocycles. The molecule has 0 spiro atoms. The summed E-state index contributed by atoms with van der Waals surface area (Å²) in [5, 5.41) is 6.18. The Morgan fingerprint density at radius 1 is 0.902 bits per heavy atom. The van der Waals surface area contributed by atoms with Gasteiger partial charge in [0.2, 0.25) is 11.7 Å². The first kappa shape index (κ1) is 28.6. The van der Waals surface area contributed by atoms with Crippen LogP contribution in [-0.4, -0.2) is 61.0 Å². The van der Waals surface area contributed by atoms with Gasteiger partial charge in [0.05, 0.1) is 13.1 Å². The van der Waals surface area contributed by atoms with Crippen LogP contribution in [0.25, 0.3) is 0 Å². The molecule has 3 saturated heterocycles. The van der Waals surface area contributed by atoms with Crippen molar-refractivity contribution in [3.63, 3.8) is 0 Å². The second-order valence-corrected chi connectivity index (χ2v) is 11.5. The summed E-state index contributed by atoms with van der Waals surface area (Å²) in [4.78, 5) is 38.0. The SMILES string of the molecule is CC(=O)NCCCc1ccc(C(=O)C[N+]23CCC(CC2)[C@@H](OC(=O)[C@H](Nc2ccccc2)c2ccccc2)C3)cc1. The van der Waals surface area contributed by atoms with Gasteiger partial charge in [-0.15, -0.1) is 0 Å². The average molecular weight is 555 g/mol. The Morgan fingerprint density at radius 2 is 1.56 bits per heavy atom. The molecule has 3 aliphatic rings. The lowest BCUT2D eigenvalue weighted by Crippen LogP contribution is -2.65. The molecule has 0 radical (unpaired) electrons. The minimum atomic E-state index is -0.610. The molecule has 3 aliphatic heterocycles. The molecular weight excluding hydrogens is 514 g/mol. The Balaban J connectivity index is 1.21. The predicted molar refractivity (Wildman–Crippen MR) is 159 cm³/mol. The Morgan fingerprint density at radius 3 is 2.22 bits per heavy atom. The van der Waals surface area contributed by atoms with Crippen LogP contribution in [0.4, 0.5) is 5.69 Å². The summed E-state index contributed by atoms with van der Waals surface area (Å²) >= 11 is 0. The van der Waals surface area contributed by atoms with Crippen LogP contribution in [-0.2, 0) is 20.7 Å². The van der Waals surface area contributed by atoms with E-state index in [9.17, 15) is 14.4 Å². The van der Waals surface area contributed by atoms with E-state index in [1.165, 1.54) is 6.92 Å². The minimum absolute atomic E-state index is 0.0166. The van der Waals surface area contributed by atoms with Gasteiger partial charge in [0.1, 0.15) is 13.1 Å². The molecule has 6 rings (SSSR count). The number of rotatable bonds is 12. The number of para-hydroxylation sites is 1. The summed E-state index contributed by atoms with van der Waals surface area (Å²) in [5.74, 6) is 0.168. The lowest BCUT2D eigenvalue weighted by molar-refractivity contribution is -0.938. The van der Waals surface area contributed by atoms with Crippen LogP contribution in [0.5, 0.6) is 0 Å². The van der Waals surface area contributed by atoms with E-state index >= 15 is 0 Å². The van der Waals surface area contributed by atoms with Gasteiger partial charge in [-0.3, -0.25) is 9.59 Å². The number of hydrogen-bond donors (Lipinski definition) is 2. The number of carbonyl (C=O) groups excluding carboxylic acids is 3. The fraction of sp³-hybridized carbons (Fsp3) is 0.382. The Hall–Kier alpha value is -3.97. The third kappa shape index (κ3) is 7.41. The van der Waals surface area contributed by atoms with Crippen molar-refractivity contribution < 1.29 is 23.6 Å². The van der Waals surface area contributed by atoms with Crippen molar-refractivity contribution in [2.75, 3.05) is 38.0 Å². The number of esters is 1. The number of amides is 1. The number of quaternary nitrogens is 1. The molecule has 214 valence electrons. The van der Waals surface area contributed by atoms with Crippen LogP contribution in [0.1, 0.15) is 53.7 Å². The topological polar surface area (TPSA) is 84.5 Å². The number of fused-ring (bicyclic) bond motifs is 3. The molecule has 2 bridgehead atoms. The number of nitrogens with zero attached hydrogens (tertiary/aromatic N) is 1. The van der Waals surface area contributed by atoms with Crippen molar-refractivity contribution in [2.24, 2.45) is 5.92 Å². The molecule has 3 aromatic rings. The molecule has 0 unspecified atom stereocenters. The normalized spacial score (nSPS) is 22.0. The van der Waals surface area contributed by atoms with Crippen LogP contribution in [0.3, 0.4) is 0 Å². The molecule has 3 fully saturated rings. The van der Waals surface area contributed by atoms with E-state index in [2.05, 4.69) is 10.6 Å². The van der Waals surface area contributed by atoms with Crippen LogP contribution >= 0.6 is 0 Å². The average Bonchev–Trinajstić information content (AvgIpc) is 2.99. The van der Waals surface area contributed by atoms with Gasteiger partial charge >= 0.3 is 5.97 Å². The maximum atomic E-state index is 13.6. The van der Waals surface area contributed by atoms with E-state index in [4.69, 9.17) is 4.74 Å². The lowest BCUT2D eigenvalue weighted by atomic mass is 9.82. The second-order valence-electron chi connectivity index (χ2n) is 11.5. The highest BCUT2D eigenvalue weighted by molar-refractivity contribution is 5.97. The second kappa shape index (κ2) is 13.1. The van der Waals surface area contributed by atoms with E-state index in [-0.39, 0.29) is 23.8 Å². The standard InChI is InChI=1S/C34H39N3O4/c1-25(38)35-20-8-9-26-14-16-27(17-15-26)31(39)23-37-21-18-28(19-22-37)32(24-37)41-34(40)33(29-10-4-2-5-11-29)36-30-12-6-3-7-13-30/h2-7,10-17,28,32-33,36H,8-9,18-24H2,1H3/p+1/t28?,32-,33+,37?/m0/s1. The Bertz CT molecular complexity index is 1320. The summed E-state index contributed by atoms with van der Waals surface area (Å²) in [6.07, 6.45) is 3.43. The minimum Gasteiger partial charge on any atom is -0.454 e. The van der Waals surface area contributed by atoms with Gasteiger partial charge in [-0.05, 0) is 36.1 Å². The molecular formula is C34H40N3O4+. The number of Topliss-reactive ketones (excluding diaryl/α,β-unsaturated/α-hetero) is 1. The number of nitrogens with one attached hydrogen (secondary N) is 2. The predicted octanol–water partition coefficient (Wildman–Crippen LogP) is 4.94. The van der Waals surface area contributed by atoms with E-state index in [1.54, 1.807) is 0 Å². The van der Waals surface area contributed by atoms with E-state index in [1.807, 2.05) is 84.9 Å². The maximum absolute atomic E-state index is 13.6. The quantitative estimate of drug-likeness (QED) is 0.143. The van der Waals surface area contributed by atoms with Crippen LogP contribution in [0.2, 0.25) is 0 Å². The van der Waals surface area contributed by atoms with Gasteiger partial charge in [0.25, 0.3) is 0 Å². The van der Waals surface area contributed by atoms with Crippen molar-refractivity contribution in [1.29, 1.82) is 0 Å². The molecule has 0 saturated carbocycles. The fourth-order valence-corrected chi connectivity index (χ4v) is 6.23. The van der Waals surface area contributed by atoms with Gasteiger partial charge in [-0.25, -0.2) is 4.79 Å². The zero-order chi connectivity index (χ0) is 28.7. The highest BCUT2D eigenvalue weighted by atomic mass is 16.5. The smallest absolute Gasteiger partial charge is 0.333 e. The van der Waals surface area contributed by atoms with Gasteiger partial charge in [0, 0.05) is 43.5 Å². The molecule has 3 aromatic carbocycles. The first-order valence-corrected chi connectivity index (χ1v) is 14.7. The van der Waals surface area contributed by atoms with E-state index < -0.39 is 6.04 Å². The lowest BCUT2D eigenvalue weighted by Gasteiger charge is -2.51. The Kier molecular flexibility index (Phi) is 9.14. The summed E-state index contributed by atoms with van der Waals surface area (Å²) in [7, 11) is 0. The number of ketones is 1. The summed E-state index contributed by atoms with van der Waals surface area (Å²) in [5.41, 5.74) is 3.60. The maximum Gasteiger partial charge on any atom is 0.333 e. The first-order valence-electron chi connectivity index (χ1n) is 14.7. The zero-order valence-corrected chi connectivity index (χ0v) is 23.8. The fourth-order valence-electron chi connectivity index (χ4n) is 6.23.